The van der Waals surface area contributed by atoms with Crippen molar-refractivity contribution >= 4 is 39.3 Å². The van der Waals surface area contributed by atoms with Crippen molar-refractivity contribution in [2.75, 3.05) is 24.5 Å². The van der Waals surface area contributed by atoms with E-state index in [0.29, 0.717) is 6.04 Å². The van der Waals surface area contributed by atoms with Crippen molar-refractivity contribution in [2.24, 2.45) is 0 Å². The molecule has 144 valence electrons. The molecule has 0 N–H and O–H groups in total. The molecule has 26 heavy (non-hydrogen) atoms. The van der Waals surface area contributed by atoms with Gasteiger partial charge in [-0.1, -0.05) is 11.6 Å². The number of hydrogen-bond acceptors (Lipinski definition) is 3. The third-order valence-corrected chi connectivity index (χ3v) is 5.85. The first-order valence-corrected chi connectivity index (χ1v) is 10.6. The summed E-state index contributed by atoms with van der Waals surface area (Å²) in [5.74, 6) is 0. The summed E-state index contributed by atoms with van der Waals surface area (Å²) in [6.45, 7) is 8.32. The molecule has 6 heteroatoms. The Labute approximate surface area is 169 Å². The summed E-state index contributed by atoms with van der Waals surface area (Å²) in [4.78, 5) is 16.8. The molecule has 0 bridgehead atoms. The highest BCUT2D eigenvalue weighted by Crippen LogP contribution is 2.39. The molecule has 2 aliphatic heterocycles. The van der Waals surface area contributed by atoms with Gasteiger partial charge in [-0.05, 0) is 86.5 Å². The van der Waals surface area contributed by atoms with E-state index in [1.165, 1.54) is 11.3 Å². The number of fused-ring (bicyclic) bond motifs is 1. The maximum Gasteiger partial charge on any atom is 0.410 e. The van der Waals surface area contributed by atoms with E-state index in [9.17, 15) is 4.79 Å². The van der Waals surface area contributed by atoms with Crippen LogP contribution in [0, 0.1) is 0 Å². The maximum atomic E-state index is 12.4. The van der Waals surface area contributed by atoms with Gasteiger partial charge in [0.15, 0.2) is 0 Å². The van der Waals surface area contributed by atoms with Crippen molar-refractivity contribution in [3.05, 3.63) is 27.2 Å². The minimum atomic E-state index is -0.446. The van der Waals surface area contributed by atoms with E-state index in [-0.39, 0.29) is 6.09 Å². The molecule has 2 aliphatic rings. The van der Waals surface area contributed by atoms with Gasteiger partial charge in [-0.2, -0.15) is 0 Å². The summed E-state index contributed by atoms with van der Waals surface area (Å²) < 4.78 is 6.63. The minimum absolute atomic E-state index is 0.190. The lowest BCUT2D eigenvalue weighted by Crippen LogP contribution is -2.41. The van der Waals surface area contributed by atoms with Crippen molar-refractivity contribution in [3.63, 3.8) is 0 Å². The lowest BCUT2D eigenvalue weighted by Gasteiger charge is -2.38. The number of carbonyl (C=O) groups is 1. The Morgan fingerprint density at radius 3 is 2.69 bits per heavy atom. The molecule has 0 radical (unpaired) electrons. The molecule has 1 amide bonds. The second-order valence-electron chi connectivity index (χ2n) is 8.24. The average molecular weight is 444 g/mol. The molecular formula is C20H28BrClN2O2. The lowest BCUT2D eigenvalue weighted by atomic mass is 9.97. The zero-order valence-electron chi connectivity index (χ0n) is 15.9. The molecule has 0 saturated carbocycles. The Morgan fingerprint density at radius 1 is 1.19 bits per heavy atom. The lowest BCUT2D eigenvalue weighted by molar-refractivity contribution is 0.0256. The number of ether oxygens (including phenoxy) is 1. The first-order chi connectivity index (χ1) is 12.2. The number of likely N-dealkylation sites (tertiary alicyclic amines) is 1. The summed E-state index contributed by atoms with van der Waals surface area (Å²) in [7, 11) is 0. The maximum absolute atomic E-state index is 12.4. The Hall–Kier alpha value is -0.940. The number of anilines is 1. The topological polar surface area (TPSA) is 32.8 Å². The normalized spacial score (nSPS) is 21.2. The van der Waals surface area contributed by atoms with Crippen molar-refractivity contribution in [3.8, 4) is 0 Å². The Bertz CT molecular complexity index is 675. The Balaban J connectivity index is 1.72. The van der Waals surface area contributed by atoms with Crippen LogP contribution in [0.5, 0.6) is 0 Å². The fourth-order valence-corrected chi connectivity index (χ4v) is 5.05. The summed E-state index contributed by atoms with van der Waals surface area (Å²) in [6.07, 6.45) is 5.08. The van der Waals surface area contributed by atoms with Crippen LogP contribution in [0.2, 0.25) is 5.02 Å². The van der Waals surface area contributed by atoms with Gasteiger partial charge in [-0.3, -0.25) is 0 Å². The highest BCUT2D eigenvalue weighted by molar-refractivity contribution is 9.10. The predicted octanol–water partition coefficient (Wildman–Crippen LogP) is 5.64. The van der Waals surface area contributed by atoms with Gasteiger partial charge >= 0.3 is 6.09 Å². The molecule has 1 fully saturated rings. The van der Waals surface area contributed by atoms with E-state index in [1.807, 2.05) is 31.7 Å². The molecule has 0 unspecified atom stereocenters. The van der Waals surface area contributed by atoms with Gasteiger partial charge in [0, 0.05) is 35.2 Å². The molecule has 1 saturated heterocycles. The van der Waals surface area contributed by atoms with Crippen LogP contribution in [0.1, 0.15) is 52.0 Å². The quantitative estimate of drug-likeness (QED) is 0.562. The van der Waals surface area contributed by atoms with Gasteiger partial charge in [-0.15, -0.1) is 0 Å². The fraction of sp³-hybridized carbons (Fsp3) is 0.650. The standard InChI is InChI=1S/C20H28BrClN2O2/c1-20(2,3)26-19(25)23-9-5-7-16(8-11-23)24-10-4-6-14-12-15(22)13-17(21)18(14)24/h12-13,16H,4-11H2,1-3H3/t16-/m0/s1. The predicted molar refractivity (Wildman–Crippen MR) is 110 cm³/mol. The van der Waals surface area contributed by atoms with Crippen LogP contribution in [0.25, 0.3) is 0 Å². The number of benzene rings is 1. The Kier molecular flexibility index (Phi) is 6.07. The molecule has 0 aliphatic carbocycles. The van der Waals surface area contributed by atoms with E-state index < -0.39 is 5.60 Å². The van der Waals surface area contributed by atoms with Gasteiger partial charge < -0.3 is 14.5 Å². The first kappa shape index (κ1) is 19.8. The number of rotatable bonds is 1. The number of nitrogens with zero attached hydrogens (tertiary/aromatic N) is 2. The third-order valence-electron chi connectivity index (χ3n) is 5.03. The van der Waals surface area contributed by atoms with E-state index in [0.717, 1.165) is 61.2 Å². The van der Waals surface area contributed by atoms with Crippen LogP contribution in [-0.2, 0) is 11.2 Å². The van der Waals surface area contributed by atoms with E-state index >= 15 is 0 Å². The minimum Gasteiger partial charge on any atom is -0.444 e. The van der Waals surface area contributed by atoms with Crippen LogP contribution < -0.4 is 4.90 Å². The van der Waals surface area contributed by atoms with Crippen LogP contribution in [0.4, 0.5) is 10.5 Å². The second kappa shape index (κ2) is 7.97. The van der Waals surface area contributed by atoms with E-state index in [1.54, 1.807) is 0 Å². The highest BCUT2D eigenvalue weighted by atomic mass is 79.9. The van der Waals surface area contributed by atoms with Crippen LogP contribution in [0.3, 0.4) is 0 Å². The summed E-state index contributed by atoms with van der Waals surface area (Å²) in [5.41, 5.74) is 2.17. The number of amides is 1. The number of halogens is 2. The number of carbonyl (C=O) groups excluding carboxylic acids is 1. The Morgan fingerprint density at radius 2 is 1.96 bits per heavy atom. The van der Waals surface area contributed by atoms with Crippen molar-refractivity contribution < 1.29 is 9.53 Å². The number of hydrogen-bond donors (Lipinski definition) is 0. The van der Waals surface area contributed by atoms with Gasteiger partial charge in [0.2, 0.25) is 0 Å². The zero-order chi connectivity index (χ0) is 18.9. The number of aryl methyl sites for hydroxylation is 1. The molecule has 1 atom stereocenters. The molecule has 0 aromatic heterocycles. The van der Waals surface area contributed by atoms with E-state index in [4.69, 9.17) is 16.3 Å². The molecule has 4 nitrogen and oxygen atoms in total. The highest BCUT2D eigenvalue weighted by Gasteiger charge is 2.30. The van der Waals surface area contributed by atoms with Gasteiger partial charge in [-0.25, -0.2) is 4.79 Å². The zero-order valence-corrected chi connectivity index (χ0v) is 18.2. The van der Waals surface area contributed by atoms with Crippen LogP contribution in [-0.4, -0.2) is 42.3 Å². The monoisotopic (exact) mass is 442 g/mol. The molecule has 3 rings (SSSR count). The van der Waals surface area contributed by atoms with Gasteiger partial charge in [0.05, 0.1) is 5.69 Å². The SMILES string of the molecule is CC(C)(C)OC(=O)N1CCC[C@H](N2CCCc3cc(Cl)cc(Br)c32)CC1. The van der Waals surface area contributed by atoms with Crippen molar-refractivity contribution in [1.82, 2.24) is 4.90 Å². The van der Waals surface area contributed by atoms with Crippen LogP contribution >= 0.6 is 27.5 Å². The molecule has 1 aromatic carbocycles. The van der Waals surface area contributed by atoms with E-state index in [2.05, 4.69) is 26.9 Å². The van der Waals surface area contributed by atoms with Crippen molar-refractivity contribution in [2.45, 2.75) is 64.5 Å². The van der Waals surface area contributed by atoms with Gasteiger partial charge in [0.1, 0.15) is 5.60 Å². The fourth-order valence-electron chi connectivity index (χ4n) is 3.95. The summed E-state index contributed by atoms with van der Waals surface area (Å²) in [6, 6.07) is 4.53. The molecule has 0 spiro atoms. The smallest absolute Gasteiger partial charge is 0.410 e. The molecule has 1 aromatic rings. The van der Waals surface area contributed by atoms with Crippen molar-refractivity contribution in [1.29, 1.82) is 0 Å². The summed E-state index contributed by atoms with van der Waals surface area (Å²) in [5, 5.41) is 0.787. The van der Waals surface area contributed by atoms with Gasteiger partial charge in [0.25, 0.3) is 0 Å². The largest absolute Gasteiger partial charge is 0.444 e. The third kappa shape index (κ3) is 4.66. The first-order valence-electron chi connectivity index (χ1n) is 9.47. The molecular weight excluding hydrogens is 416 g/mol. The average Bonchev–Trinajstić information content (AvgIpc) is 2.78. The summed E-state index contributed by atoms with van der Waals surface area (Å²) >= 11 is 9.96. The molecule has 2 heterocycles. The second-order valence-corrected chi connectivity index (χ2v) is 9.54. The van der Waals surface area contributed by atoms with Crippen LogP contribution in [0.15, 0.2) is 16.6 Å².